The van der Waals surface area contributed by atoms with Gasteiger partial charge in [0.2, 0.25) is 0 Å². The molecular weight excluding hydrogens is 436 g/mol. The lowest BCUT2D eigenvalue weighted by Gasteiger charge is -2.24. The third-order valence-corrected chi connectivity index (χ3v) is 6.68. The first-order valence-corrected chi connectivity index (χ1v) is 11.6. The number of amides is 1. The van der Waals surface area contributed by atoms with Gasteiger partial charge < -0.3 is 14.6 Å². The summed E-state index contributed by atoms with van der Waals surface area (Å²) in [5.41, 5.74) is 1.72. The molecule has 1 N–H and O–H groups in total. The lowest BCUT2D eigenvalue weighted by molar-refractivity contribution is 0.00222. The molecule has 2 fully saturated rings. The topological polar surface area (TPSA) is 74.0 Å². The second kappa shape index (κ2) is 8.47. The highest BCUT2D eigenvalue weighted by Gasteiger charge is 2.33. The predicted octanol–water partition coefficient (Wildman–Crippen LogP) is 4.22. The zero-order valence-corrected chi connectivity index (χ0v) is 18.6. The van der Waals surface area contributed by atoms with Crippen molar-refractivity contribution in [2.24, 2.45) is 5.92 Å². The highest BCUT2D eigenvalue weighted by molar-refractivity contribution is 7.97. The van der Waals surface area contributed by atoms with Crippen LogP contribution in [-0.2, 0) is 17.2 Å². The highest BCUT2D eigenvalue weighted by Crippen LogP contribution is 2.33. The summed E-state index contributed by atoms with van der Waals surface area (Å²) in [4.78, 5) is 17.3. The monoisotopic (exact) mass is 461 g/mol. The number of hydrogen-bond donors (Lipinski definition) is 1. The number of alkyl halides is 2. The minimum atomic E-state index is -3.04. The quantitative estimate of drug-likeness (QED) is 0.570. The molecule has 7 nitrogen and oxygen atoms in total. The van der Waals surface area contributed by atoms with Crippen molar-refractivity contribution in [3.63, 3.8) is 0 Å². The van der Waals surface area contributed by atoms with Crippen molar-refractivity contribution in [1.29, 1.82) is 0 Å². The highest BCUT2D eigenvalue weighted by atomic mass is 32.2. The van der Waals surface area contributed by atoms with Gasteiger partial charge in [0, 0.05) is 49.6 Å². The van der Waals surface area contributed by atoms with E-state index in [0.29, 0.717) is 42.3 Å². The Kier molecular flexibility index (Phi) is 5.66. The largest absolute Gasteiger partial charge is 0.381 e. The molecule has 1 aromatic carbocycles. The zero-order valence-electron chi connectivity index (χ0n) is 17.8. The SMILES string of the molecule is CC(F)(F)c1nc2cc(Sn3cc(C(=O)NC4CC4)cn3)ccc2n1CC1CCOCC1. The van der Waals surface area contributed by atoms with Crippen molar-refractivity contribution in [2.75, 3.05) is 13.2 Å². The number of ether oxygens (including phenoxy) is 1. The van der Waals surface area contributed by atoms with Gasteiger partial charge in [-0.25, -0.2) is 9.07 Å². The number of nitrogens with one attached hydrogen (secondary N) is 1. The molecule has 0 spiro atoms. The van der Waals surface area contributed by atoms with Gasteiger partial charge in [-0.3, -0.25) is 4.79 Å². The third kappa shape index (κ3) is 4.66. The van der Waals surface area contributed by atoms with Crippen molar-refractivity contribution in [2.45, 2.75) is 56.0 Å². The molecule has 170 valence electrons. The van der Waals surface area contributed by atoms with Crippen LogP contribution in [0.2, 0.25) is 0 Å². The van der Waals surface area contributed by atoms with Gasteiger partial charge in [-0.1, -0.05) is 0 Å². The van der Waals surface area contributed by atoms with Crippen molar-refractivity contribution < 1.29 is 18.3 Å². The molecule has 0 bridgehead atoms. The number of carbonyl (C=O) groups excluding carboxylic acids is 1. The normalized spacial score (nSPS) is 17.7. The van der Waals surface area contributed by atoms with Gasteiger partial charge in [-0.2, -0.15) is 13.9 Å². The van der Waals surface area contributed by atoms with E-state index in [9.17, 15) is 13.6 Å². The number of hydrogen-bond acceptors (Lipinski definition) is 5. The number of nitrogens with zero attached hydrogens (tertiary/aromatic N) is 4. The maximum absolute atomic E-state index is 14.4. The predicted molar refractivity (Wildman–Crippen MR) is 117 cm³/mol. The number of aromatic nitrogens is 4. The van der Waals surface area contributed by atoms with Gasteiger partial charge in [-0.15, -0.1) is 0 Å². The molecule has 5 rings (SSSR count). The van der Waals surface area contributed by atoms with Crippen LogP contribution in [0.1, 0.15) is 48.8 Å². The summed E-state index contributed by atoms with van der Waals surface area (Å²) in [5, 5.41) is 7.18. The lowest BCUT2D eigenvalue weighted by atomic mass is 10.00. The number of benzene rings is 1. The smallest absolute Gasteiger partial charge is 0.302 e. The Bertz CT molecular complexity index is 1130. The van der Waals surface area contributed by atoms with Gasteiger partial charge in [0.25, 0.3) is 5.91 Å². The molecule has 3 heterocycles. The molecule has 1 amide bonds. The van der Waals surface area contributed by atoms with Crippen LogP contribution in [0.3, 0.4) is 0 Å². The Morgan fingerprint density at radius 2 is 2.06 bits per heavy atom. The van der Waals surface area contributed by atoms with E-state index in [1.165, 1.54) is 18.1 Å². The average Bonchev–Trinajstić information content (AvgIpc) is 3.31. The third-order valence-electron chi connectivity index (χ3n) is 5.83. The van der Waals surface area contributed by atoms with E-state index in [2.05, 4.69) is 15.4 Å². The standard InChI is InChI=1S/C22H25F2N5O2S/c1-22(23,24)21-27-18-10-17(4-5-19(18)28(21)12-14-6-8-31-9-7-14)32-29-13-15(11-25-29)20(30)26-16-2-3-16/h4-5,10-11,13-14,16H,2-3,6-9,12H2,1H3,(H,26,30). The molecular formula is C22H25F2N5O2S. The minimum Gasteiger partial charge on any atom is -0.381 e. The Labute approximate surface area is 188 Å². The van der Waals surface area contributed by atoms with E-state index < -0.39 is 5.92 Å². The van der Waals surface area contributed by atoms with Crippen molar-refractivity contribution >= 4 is 28.9 Å². The van der Waals surface area contributed by atoms with E-state index in [0.717, 1.165) is 37.5 Å². The van der Waals surface area contributed by atoms with Crippen LogP contribution in [0.4, 0.5) is 8.78 Å². The number of rotatable bonds is 7. The summed E-state index contributed by atoms with van der Waals surface area (Å²) in [5.74, 6) is -3.08. The van der Waals surface area contributed by atoms with Crippen LogP contribution >= 0.6 is 11.9 Å². The Balaban J connectivity index is 1.38. The summed E-state index contributed by atoms with van der Waals surface area (Å²) in [6.07, 6.45) is 6.96. The first-order chi connectivity index (χ1) is 15.4. The average molecular weight is 462 g/mol. The van der Waals surface area contributed by atoms with Gasteiger partial charge in [-0.05, 0) is 49.8 Å². The molecule has 0 unspecified atom stereocenters. The minimum absolute atomic E-state index is 0.128. The van der Waals surface area contributed by atoms with Crippen LogP contribution in [0, 0.1) is 5.92 Å². The molecule has 1 saturated carbocycles. The Morgan fingerprint density at radius 1 is 1.28 bits per heavy atom. The summed E-state index contributed by atoms with van der Waals surface area (Å²) >= 11 is 1.31. The van der Waals surface area contributed by atoms with Crippen molar-refractivity contribution in [3.05, 3.63) is 42.0 Å². The van der Waals surface area contributed by atoms with E-state index in [-0.39, 0.29) is 17.8 Å². The molecule has 2 aliphatic rings. The van der Waals surface area contributed by atoms with Crippen LogP contribution in [0.15, 0.2) is 35.5 Å². The number of halogens is 2. The van der Waals surface area contributed by atoms with E-state index in [4.69, 9.17) is 4.74 Å². The number of carbonyl (C=O) groups is 1. The molecule has 1 saturated heterocycles. The van der Waals surface area contributed by atoms with E-state index >= 15 is 0 Å². The zero-order chi connectivity index (χ0) is 22.3. The van der Waals surface area contributed by atoms with E-state index in [1.54, 1.807) is 20.9 Å². The molecule has 10 heteroatoms. The summed E-state index contributed by atoms with van der Waals surface area (Å²) in [7, 11) is 0. The molecule has 1 aliphatic carbocycles. The summed E-state index contributed by atoms with van der Waals surface area (Å²) < 4.78 is 37.4. The molecule has 0 radical (unpaired) electrons. The Morgan fingerprint density at radius 3 is 2.78 bits per heavy atom. The fraction of sp³-hybridized carbons (Fsp3) is 0.500. The summed E-state index contributed by atoms with van der Waals surface area (Å²) in [6, 6.07) is 5.78. The first-order valence-electron chi connectivity index (χ1n) is 10.9. The van der Waals surface area contributed by atoms with Crippen LogP contribution < -0.4 is 5.32 Å². The maximum Gasteiger partial charge on any atom is 0.302 e. The van der Waals surface area contributed by atoms with Crippen LogP contribution in [0.5, 0.6) is 0 Å². The maximum atomic E-state index is 14.4. The second-order valence-electron chi connectivity index (χ2n) is 8.61. The molecule has 32 heavy (non-hydrogen) atoms. The number of imidazole rings is 1. The lowest BCUT2D eigenvalue weighted by Crippen LogP contribution is -2.24. The molecule has 0 atom stereocenters. The molecule has 2 aromatic heterocycles. The van der Waals surface area contributed by atoms with Gasteiger partial charge in [0.15, 0.2) is 5.82 Å². The van der Waals surface area contributed by atoms with E-state index in [1.807, 2.05) is 12.1 Å². The second-order valence-corrected chi connectivity index (χ2v) is 9.64. The molecule has 1 aliphatic heterocycles. The first kappa shape index (κ1) is 21.4. The summed E-state index contributed by atoms with van der Waals surface area (Å²) in [6.45, 7) is 2.73. The fourth-order valence-electron chi connectivity index (χ4n) is 3.95. The van der Waals surface area contributed by atoms with Gasteiger partial charge in [0.1, 0.15) is 0 Å². The van der Waals surface area contributed by atoms with Crippen LogP contribution in [-0.4, -0.2) is 43.9 Å². The number of fused-ring (bicyclic) bond motifs is 1. The van der Waals surface area contributed by atoms with Gasteiger partial charge >= 0.3 is 5.92 Å². The van der Waals surface area contributed by atoms with Crippen LogP contribution in [0.25, 0.3) is 11.0 Å². The van der Waals surface area contributed by atoms with Crippen molar-refractivity contribution in [3.8, 4) is 0 Å². The Hall–Kier alpha value is -2.46. The fourth-order valence-corrected chi connectivity index (χ4v) is 4.72. The van der Waals surface area contributed by atoms with Crippen molar-refractivity contribution in [1.82, 2.24) is 24.1 Å². The van der Waals surface area contributed by atoms with Gasteiger partial charge in [0.05, 0.1) is 29.0 Å². The molecule has 3 aromatic rings.